The van der Waals surface area contributed by atoms with Crippen molar-refractivity contribution in [2.45, 2.75) is 40.7 Å². The third-order valence-corrected chi connectivity index (χ3v) is 9.19. The SMILES string of the molecule is CCOC(=O)C1=C(C)N=c2s/c(=C\c3cc(C)n(-c4cccc(C(=O)OC)c4C)c3C)c(=O)n2[C@@H]1c1cc(Br)ccc1OC. The van der Waals surface area contributed by atoms with Crippen LogP contribution in [-0.4, -0.2) is 41.9 Å². The van der Waals surface area contributed by atoms with Gasteiger partial charge in [-0.15, -0.1) is 0 Å². The van der Waals surface area contributed by atoms with Gasteiger partial charge in [0.05, 0.1) is 42.2 Å². The Hall–Kier alpha value is -4.22. The summed E-state index contributed by atoms with van der Waals surface area (Å²) in [5.74, 6) is -0.414. The molecule has 9 nitrogen and oxygen atoms in total. The zero-order valence-corrected chi connectivity index (χ0v) is 27.9. The van der Waals surface area contributed by atoms with Gasteiger partial charge in [0.2, 0.25) is 0 Å². The van der Waals surface area contributed by atoms with Crippen LogP contribution in [0.4, 0.5) is 0 Å². The van der Waals surface area contributed by atoms with Crippen LogP contribution in [0, 0.1) is 20.8 Å². The molecule has 11 heteroatoms. The summed E-state index contributed by atoms with van der Waals surface area (Å²) in [4.78, 5) is 45.0. The molecular formula is C33H32BrN3O6S. The normalized spacial score (nSPS) is 14.7. The van der Waals surface area contributed by atoms with Crippen LogP contribution in [0.3, 0.4) is 0 Å². The topological polar surface area (TPSA) is 101 Å². The van der Waals surface area contributed by atoms with Crippen LogP contribution in [0.25, 0.3) is 11.8 Å². The first kappa shape index (κ1) is 31.2. The van der Waals surface area contributed by atoms with E-state index in [9.17, 15) is 14.4 Å². The second-order valence-electron chi connectivity index (χ2n) is 10.3. The van der Waals surface area contributed by atoms with E-state index >= 15 is 0 Å². The summed E-state index contributed by atoms with van der Waals surface area (Å²) in [6.07, 6.45) is 1.85. The lowest BCUT2D eigenvalue weighted by molar-refractivity contribution is -0.139. The van der Waals surface area contributed by atoms with Gasteiger partial charge in [-0.1, -0.05) is 33.3 Å². The molecule has 0 unspecified atom stereocenters. The Morgan fingerprint density at radius 3 is 2.50 bits per heavy atom. The standard InChI is InChI=1S/C33H32BrN3O6S/c1-8-43-32(40)28-19(4)35-33-37(29(28)24-16-22(34)12-13-26(24)41-6)30(38)27(44-33)15-21-14-17(2)36(20(21)5)25-11-9-10-23(18(25)3)31(39)42-7/h9-16,29H,8H2,1-7H3/b27-15-/t29-/m1/s1. The average molecular weight is 679 g/mol. The number of thiazole rings is 1. The predicted octanol–water partition coefficient (Wildman–Crippen LogP) is 5.07. The number of aromatic nitrogens is 2. The van der Waals surface area contributed by atoms with Gasteiger partial charge in [-0.05, 0) is 88.2 Å². The van der Waals surface area contributed by atoms with Crippen LogP contribution < -0.4 is 19.6 Å². The summed E-state index contributed by atoms with van der Waals surface area (Å²) in [5.41, 5.74) is 5.89. The molecule has 2 aromatic carbocycles. The molecule has 0 saturated carbocycles. The first-order valence-electron chi connectivity index (χ1n) is 13.9. The molecule has 1 aliphatic heterocycles. The van der Waals surface area contributed by atoms with Crippen molar-refractivity contribution in [2.75, 3.05) is 20.8 Å². The van der Waals surface area contributed by atoms with Crippen molar-refractivity contribution in [3.63, 3.8) is 0 Å². The maximum atomic E-state index is 14.2. The first-order valence-corrected chi connectivity index (χ1v) is 15.5. The first-order chi connectivity index (χ1) is 21.0. The van der Waals surface area contributed by atoms with Gasteiger partial charge in [0.25, 0.3) is 5.56 Å². The van der Waals surface area contributed by atoms with Crippen LogP contribution in [-0.2, 0) is 14.3 Å². The molecule has 1 aliphatic rings. The molecule has 0 N–H and O–H groups in total. The molecule has 1 atom stereocenters. The second-order valence-corrected chi connectivity index (χ2v) is 12.2. The monoisotopic (exact) mass is 677 g/mol. The molecule has 0 aliphatic carbocycles. The lowest BCUT2D eigenvalue weighted by atomic mass is 9.95. The molecule has 44 heavy (non-hydrogen) atoms. The zero-order chi connectivity index (χ0) is 31.9. The van der Waals surface area contributed by atoms with E-state index < -0.39 is 18.0 Å². The Morgan fingerprint density at radius 1 is 1.07 bits per heavy atom. The lowest BCUT2D eigenvalue weighted by Crippen LogP contribution is -2.40. The van der Waals surface area contributed by atoms with Gasteiger partial charge in [0.1, 0.15) is 11.8 Å². The molecule has 3 heterocycles. The number of rotatable bonds is 7. The second kappa shape index (κ2) is 12.4. The Morgan fingerprint density at radius 2 is 1.82 bits per heavy atom. The summed E-state index contributed by atoms with van der Waals surface area (Å²) in [6, 6.07) is 12.2. The number of allylic oxidation sites excluding steroid dienone is 1. The molecule has 5 rings (SSSR count). The third-order valence-electron chi connectivity index (χ3n) is 7.71. The van der Waals surface area contributed by atoms with E-state index in [4.69, 9.17) is 14.2 Å². The molecular weight excluding hydrogens is 646 g/mol. The van der Waals surface area contributed by atoms with Crippen molar-refractivity contribution in [1.82, 2.24) is 9.13 Å². The van der Waals surface area contributed by atoms with Crippen LogP contribution >= 0.6 is 27.3 Å². The summed E-state index contributed by atoms with van der Waals surface area (Å²) in [5, 5.41) is 0. The largest absolute Gasteiger partial charge is 0.496 e. The Kier molecular flexibility index (Phi) is 8.80. The summed E-state index contributed by atoms with van der Waals surface area (Å²) in [6.45, 7) is 9.50. The number of hydrogen-bond donors (Lipinski definition) is 0. The number of benzene rings is 2. The van der Waals surface area contributed by atoms with Gasteiger partial charge in [-0.3, -0.25) is 9.36 Å². The molecule has 4 aromatic rings. The van der Waals surface area contributed by atoms with Crippen molar-refractivity contribution in [1.29, 1.82) is 0 Å². The van der Waals surface area contributed by atoms with E-state index in [-0.39, 0.29) is 17.7 Å². The smallest absolute Gasteiger partial charge is 0.338 e. The van der Waals surface area contributed by atoms with Gasteiger partial charge in [0.15, 0.2) is 4.80 Å². The lowest BCUT2D eigenvalue weighted by Gasteiger charge is -2.26. The Balaban J connectivity index is 1.72. The number of hydrogen-bond acceptors (Lipinski definition) is 8. The minimum atomic E-state index is -0.809. The zero-order valence-electron chi connectivity index (χ0n) is 25.5. The van der Waals surface area contributed by atoms with Crippen molar-refractivity contribution in [3.05, 3.63) is 112 Å². The van der Waals surface area contributed by atoms with E-state index in [1.54, 1.807) is 37.7 Å². The van der Waals surface area contributed by atoms with Gasteiger partial charge in [-0.25, -0.2) is 14.6 Å². The summed E-state index contributed by atoms with van der Waals surface area (Å²) < 4.78 is 20.9. The van der Waals surface area contributed by atoms with E-state index in [0.29, 0.717) is 31.9 Å². The quantitative estimate of drug-likeness (QED) is 0.253. The fourth-order valence-electron chi connectivity index (χ4n) is 5.65. The Bertz CT molecular complexity index is 2030. The molecule has 0 amide bonds. The van der Waals surface area contributed by atoms with E-state index in [1.807, 2.05) is 57.2 Å². The van der Waals surface area contributed by atoms with Crippen LogP contribution in [0.2, 0.25) is 0 Å². The van der Waals surface area contributed by atoms with Crippen LogP contribution in [0.15, 0.2) is 68.0 Å². The molecule has 0 spiro atoms. The van der Waals surface area contributed by atoms with Crippen molar-refractivity contribution >= 4 is 45.3 Å². The number of nitrogens with zero attached hydrogens (tertiary/aromatic N) is 3. The number of esters is 2. The third kappa shape index (κ3) is 5.35. The molecule has 0 bridgehead atoms. The number of fused-ring (bicyclic) bond motifs is 1. The van der Waals surface area contributed by atoms with E-state index in [0.717, 1.165) is 32.7 Å². The highest BCUT2D eigenvalue weighted by atomic mass is 79.9. The maximum absolute atomic E-state index is 14.2. The minimum absolute atomic E-state index is 0.181. The van der Waals surface area contributed by atoms with Gasteiger partial charge in [-0.2, -0.15) is 0 Å². The molecule has 0 radical (unpaired) electrons. The Labute approximate surface area is 266 Å². The highest BCUT2D eigenvalue weighted by molar-refractivity contribution is 9.10. The van der Waals surface area contributed by atoms with Crippen LogP contribution in [0.5, 0.6) is 5.75 Å². The highest BCUT2D eigenvalue weighted by Crippen LogP contribution is 2.37. The van der Waals surface area contributed by atoms with Crippen molar-refractivity contribution in [2.24, 2.45) is 4.99 Å². The van der Waals surface area contributed by atoms with Gasteiger partial charge in [0, 0.05) is 27.1 Å². The fourth-order valence-corrected chi connectivity index (χ4v) is 7.06. The van der Waals surface area contributed by atoms with E-state index in [2.05, 4.69) is 25.5 Å². The van der Waals surface area contributed by atoms with Gasteiger partial charge < -0.3 is 18.8 Å². The number of carbonyl (C=O) groups is 2. The van der Waals surface area contributed by atoms with Crippen LogP contribution in [0.1, 0.15) is 58.3 Å². The fraction of sp³-hybridized carbons (Fsp3) is 0.273. The van der Waals surface area contributed by atoms with Crippen molar-refractivity contribution in [3.8, 4) is 11.4 Å². The molecule has 0 fully saturated rings. The average Bonchev–Trinajstić information content (AvgIpc) is 3.45. The predicted molar refractivity (Wildman–Crippen MR) is 172 cm³/mol. The van der Waals surface area contributed by atoms with E-state index in [1.165, 1.54) is 18.4 Å². The summed E-state index contributed by atoms with van der Waals surface area (Å²) in [7, 11) is 2.92. The number of carbonyl (C=O) groups excluding carboxylic acids is 2. The molecule has 0 saturated heterocycles. The maximum Gasteiger partial charge on any atom is 0.338 e. The number of aryl methyl sites for hydroxylation is 1. The summed E-state index contributed by atoms with van der Waals surface area (Å²) >= 11 is 4.79. The molecule has 228 valence electrons. The number of methoxy groups -OCH3 is 2. The molecule has 2 aromatic heterocycles. The minimum Gasteiger partial charge on any atom is -0.496 e. The number of halogens is 1. The van der Waals surface area contributed by atoms with Gasteiger partial charge >= 0.3 is 11.9 Å². The highest BCUT2D eigenvalue weighted by Gasteiger charge is 2.35. The van der Waals surface area contributed by atoms with Crippen molar-refractivity contribution < 1.29 is 23.8 Å². The number of ether oxygens (including phenoxy) is 3.